The van der Waals surface area contributed by atoms with Crippen LogP contribution in [0.5, 0.6) is 0 Å². The van der Waals surface area contributed by atoms with Gasteiger partial charge in [-0.3, -0.25) is 9.59 Å². The van der Waals surface area contributed by atoms with Crippen LogP contribution in [-0.4, -0.2) is 34.7 Å². The average molecular weight is 258 g/mol. The second-order valence-corrected chi connectivity index (χ2v) is 2.35. The van der Waals surface area contributed by atoms with Gasteiger partial charge in [-0.05, 0) is 0 Å². The van der Waals surface area contributed by atoms with E-state index in [-0.39, 0.29) is 0 Å². The molecule has 0 bridgehead atoms. The van der Waals surface area contributed by atoms with Gasteiger partial charge in [-0.15, -0.1) is 0 Å². The van der Waals surface area contributed by atoms with E-state index in [9.17, 15) is 22.8 Å². The third kappa shape index (κ3) is 16.4. The normalized spacial score (nSPS) is 8.41. The fourth-order valence-corrected chi connectivity index (χ4v) is 0.444. The minimum atomic E-state index is -2.58. The number of hydrogen-bond acceptors (Lipinski definition) is 3. The van der Waals surface area contributed by atoms with Crippen LogP contribution in [0.3, 0.4) is 0 Å². The van der Waals surface area contributed by atoms with Crippen molar-refractivity contribution in [1.82, 2.24) is 5.32 Å². The molecule has 10 heteroatoms. The highest BCUT2D eigenvalue weighted by Crippen LogP contribution is 2.12. The largest absolute Gasteiger partial charge is 0.480 e. The lowest BCUT2D eigenvalue weighted by atomic mass is 10.3. The predicted molar refractivity (Wildman–Crippen MR) is 47.8 cm³/mol. The zero-order valence-electron chi connectivity index (χ0n) is 8.24. The zero-order valence-corrected chi connectivity index (χ0v) is 8.24. The molecule has 0 aromatic rings. The van der Waals surface area contributed by atoms with Crippen LogP contribution in [0.25, 0.3) is 0 Å². The number of hydrogen-bond donors (Lipinski definition) is 4. The molecule has 0 aromatic heterocycles. The summed E-state index contributed by atoms with van der Waals surface area (Å²) in [5.74, 6) is -4.30. The van der Waals surface area contributed by atoms with Crippen LogP contribution in [-0.2, 0) is 9.59 Å². The number of carboxylic acid groups (broad SMARTS) is 2. The Bertz CT molecular complexity index is 323. The Kier molecular flexibility index (Phi) is 9.08. The van der Waals surface area contributed by atoms with Crippen molar-refractivity contribution in [3.8, 4) is 0 Å². The quantitative estimate of drug-likeness (QED) is 0.575. The molecule has 7 nitrogen and oxygen atoms in total. The molecule has 0 rings (SSSR count). The van der Waals surface area contributed by atoms with Gasteiger partial charge in [0.15, 0.2) is 5.83 Å². The molecule has 5 N–H and O–H groups in total. The average Bonchev–Trinajstić information content (AvgIpc) is 2.13. The van der Waals surface area contributed by atoms with E-state index in [1.807, 2.05) is 0 Å². The van der Waals surface area contributed by atoms with E-state index >= 15 is 0 Å². The van der Waals surface area contributed by atoms with Crippen molar-refractivity contribution >= 4 is 18.0 Å². The number of aliphatic carboxylic acids is 1. The molecule has 98 valence electrons. The Labute approximate surface area is 92.7 Å². The van der Waals surface area contributed by atoms with Gasteiger partial charge in [0.05, 0.1) is 6.42 Å². The highest BCUT2D eigenvalue weighted by Gasteiger charge is 2.11. The third-order valence-electron chi connectivity index (χ3n) is 0.958. The van der Waals surface area contributed by atoms with Crippen LogP contribution < -0.4 is 11.1 Å². The summed E-state index contributed by atoms with van der Waals surface area (Å²) in [6.45, 7) is -0.722. The van der Waals surface area contributed by atoms with Crippen LogP contribution in [0.2, 0.25) is 0 Å². The summed E-state index contributed by atoms with van der Waals surface area (Å²) < 4.78 is 34.8. The van der Waals surface area contributed by atoms with E-state index < -0.39 is 42.8 Å². The number of carboxylic acids is 1. The standard InChI is InChI=1S/C6H6F3NO3.CH3NO2/c7-3(6(8)9)1-4(11)10-2-5(12)13;2-1(3)4/h1-2H2,(H,10,11)(H,12,13);2H2,(H,3,4). The van der Waals surface area contributed by atoms with Crippen molar-refractivity contribution in [1.29, 1.82) is 0 Å². The van der Waals surface area contributed by atoms with Crippen LogP contribution in [0.1, 0.15) is 6.42 Å². The number of rotatable bonds is 4. The van der Waals surface area contributed by atoms with Gasteiger partial charge in [-0.1, -0.05) is 0 Å². The highest BCUT2D eigenvalue weighted by molar-refractivity contribution is 5.82. The second kappa shape index (κ2) is 9.00. The van der Waals surface area contributed by atoms with E-state index in [0.29, 0.717) is 0 Å². The minimum Gasteiger partial charge on any atom is -0.480 e. The Morgan fingerprint density at radius 2 is 1.53 bits per heavy atom. The lowest BCUT2D eigenvalue weighted by molar-refractivity contribution is -0.137. The maximum Gasteiger partial charge on any atom is 0.402 e. The molecule has 0 saturated carbocycles. The summed E-state index contributed by atoms with van der Waals surface area (Å²) in [6, 6.07) is 0. The number of nitrogens with two attached hydrogens (primary N) is 1. The molecule has 0 radical (unpaired) electrons. The van der Waals surface area contributed by atoms with Crippen molar-refractivity contribution in [2.24, 2.45) is 5.73 Å². The monoisotopic (exact) mass is 258 g/mol. The van der Waals surface area contributed by atoms with Gasteiger partial charge in [0.2, 0.25) is 5.91 Å². The Morgan fingerprint density at radius 1 is 1.12 bits per heavy atom. The fourth-order valence-electron chi connectivity index (χ4n) is 0.444. The van der Waals surface area contributed by atoms with Gasteiger partial charge in [0, 0.05) is 0 Å². The van der Waals surface area contributed by atoms with Gasteiger partial charge < -0.3 is 21.3 Å². The molecular weight excluding hydrogens is 249 g/mol. The van der Waals surface area contributed by atoms with E-state index in [0.717, 1.165) is 0 Å². The topological polar surface area (TPSA) is 130 Å². The number of halogens is 3. The summed E-state index contributed by atoms with van der Waals surface area (Å²) in [7, 11) is 0. The molecule has 0 heterocycles. The summed E-state index contributed by atoms with van der Waals surface area (Å²) in [5.41, 5.74) is 4.03. The molecule has 0 aromatic carbocycles. The Hall–Kier alpha value is -2.26. The number of carbonyl (C=O) groups is 3. The number of amides is 2. The van der Waals surface area contributed by atoms with Crippen molar-refractivity contribution < 1.29 is 37.8 Å². The fraction of sp³-hybridized carbons (Fsp3) is 0.286. The smallest absolute Gasteiger partial charge is 0.402 e. The first-order valence-corrected chi connectivity index (χ1v) is 3.83. The van der Waals surface area contributed by atoms with Crippen LogP contribution >= 0.6 is 0 Å². The molecule has 0 atom stereocenters. The predicted octanol–water partition coefficient (Wildman–Crippen LogP) is 0.278. The van der Waals surface area contributed by atoms with Crippen molar-refractivity contribution in [3.05, 3.63) is 11.9 Å². The lowest BCUT2D eigenvalue weighted by Gasteiger charge is -1.98. The van der Waals surface area contributed by atoms with Gasteiger partial charge in [-0.25, -0.2) is 9.18 Å². The van der Waals surface area contributed by atoms with Crippen molar-refractivity contribution in [2.75, 3.05) is 6.54 Å². The maximum atomic E-state index is 12.0. The summed E-state index contributed by atoms with van der Waals surface area (Å²) in [5, 5.41) is 17.0. The Morgan fingerprint density at radius 3 is 1.82 bits per heavy atom. The van der Waals surface area contributed by atoms with Crippen molar-refractivity contribution in [2.45, 2.75) is 6.42 Å². The molecule has 0 aliphatic heterocycles. The number of primary amides is 1. The molecule has 0 aliphatic rings. The van der Waals surface area contributed by atoms with E-state index in [2.05, 4.69) is 5.73 Å². The van der Waals surface area contributed by atoms with E-state index in [4.69, 9.17) is 15.0 Å². The molecule has 0 saturated heterocycles. The Balaban J connectivity index is 0. The highest BCUT2D eigenvalue weighted by atomic mass is 19.3. The van der Waals surface area contributed by atoms with Gasteiger partial charge in [-0.2, -0.15) is 8.78 Å². The SMILES string of the molecule is NC(=O)O.O=C(O)CNC(=O)CC(F)=C(F)F. The van der Waals surface area contributed by atoms with E-state index in [1.165, 1.54) is 0 Å². The molecular formula is C7H9F3N2O5. The first kappa shape index (κ1) is 17.1. The maximum absolute atomic E-state index is 12.0. The molecule has 2 amide bonds. The second-order valence-electron chi connectivity index (χ2n) is 2.35. The molecule has 0 spiro atoms. The zero-order chi connectivity index (χ0) is 14.0. The van der Waals surface area contributed by atoms with Crippen LogP contribution in [0.4, 0.5) is 18.0 Å². The first-order chi connectivity index (χ1) is 7.66. The van der Waals surface area contributed by atoms with Crippen LogP contribution in [0, 0.1) is 0 Å². The summed E-state index contributed by atoms with van der Waals surface area (Å²) in [6.07, 6.45) is -5.05. The van der Waals surface area contributed by atoms with Crippen LogP contribution in [0.15, 0.2) is 11.9 Å². The first-order valence-electron chi connectivity index (χ1n) is 3.83. The third-order valence-corrected chi connectivity index (χ3v) is 0.958. The molecule has 0 aliphatic carbocycles. The molecule has 0 unspecified atom stereocenters. The van der Waals surface area contributed by atoms with Crippen molar-refractivity contribution in [3.63, 3.8) is 0 Å². The van der Waals surface area contributed by atoms with Gasteiger partial charge in [0.1, 0.15) is 6.54 Å². The summed E-state index contributed by atoms with van der Waals surface area (Å²) in [4.78, 5) is 29.1. The number of carbonyl (C=O) groups excluding carboxylic acids is 1. The number of nitrogens with one attached hydrogen (secondary N) is 1. The lowest BCUT2D eigenvalue weighted by Crippen LogP contribution is -2.29. The summed E-state index contributed by atoms with van der Waals surface area (Å²) >= 11 is 0. The molecule has 0 fully saturated rings. The van der Waals surface area contributed by atoms with Gasteiger partial charge in [0.25, 0.3) is 0 Å². The van der Waals surface area contributed by atoms with E-state index in [1.54, 1.807) is 5.32 Å². The van der Waals surface area contributed by atoms with Gasteiger partial charge >= 0.3 is 18.1 Å². The molecule has 17 heavy (non-hydrogen) atoms. The minimum absolute atomic E-state index is 0.722.